The number of piperidine rings is 1. The zero-order valence-electron chi connectivity index (χ0n) is 12.5. The maximum atomic E-state index is 12.2. The van der Waals surface area contributed by atoms with Crippen molar-refractivity contribution in [3.8, 4) is 0 Å². The minimum absolute atomic E-state index is 0.0774. The standard InChI is InChI=1S/C16H25N3O/c1-12-6-7-14(15(17)10-12)16(20)18-11-13(2)19-8-4-3-5-9-19/h6-7,10,13H,3-5,8-9,11,17H2,1-2H3,(H,18,20). The fraction of sp³-hybridized carbons (Fsp3) is 0.562. The van der Waals surface area contributed by atoms with Gasteiger partial charge in [-0.25, -0.2) is 0 Å². The summed E-state index contributed by atoms with van der Waals surface area (Å²) in [5.41, 5.74) is 8.09. The monoisotopic (exact) mass is 275 g/mol. The fourth-order valence-electron chi connectivity index (χ4n) is 2.71. The number of nitrogen functional groups attached to an aromatic ring is 1. The molecule has 1 aromatic carbocycles. The second-order valence-electron chi connectivity index (χ2n) is 5.75. The first kappa shape index (κ1) is 14.9. The van der Waals surface area contributed by atoms with Gasteiger partial charge < -0.3 is 11.1 Å². The average molecular weight is 275 g/mol. The van der Waals surface area contributed by atoms with Crippen LogP contribution in [0.4, 0.5) is 5.69 Å². The molecule has 110 valence electrons. The molecule has 0 radical (unpaired) electrons. The molecule has 0 saturated carbocycles. The summed E-state index contributed by atoms with van der Waals surface area (Å²) in [6.07, 6.45) is 3.86. The summed E-state index contributed by atoms with van der Waals surface area (Å²) >= 11 is 0. The number of rotatable bonds is 4. The van der Waals surface area contributed by atoms with E-state index in [1.54, 1.807) is 6.07 Å². The number of hydrogen-bond acceptors (Lipinski definition) is 3. The van der Waals surface area contributed by atoms with Crippen molar-refractivity contribution >= 4 is 11.6 Å². The molecule has 0 aromatic heterocycles. The van der Waals surface area contributed by atoms with Gasteiger partial charge in [-0.1, -0.05) is 12.5 Å². The summed E-state index contributed by atoms with van der Waals surface area (Å²) in [5, 5.41) is 3.00. The highest BCUT2D eigenvalue weighted by Crippen LogP contribution is 2.14. The molecule has 1 aromatic rings. The number of nitrogens with one attached hydrogen (secondary N) is 1. The van der Waals surface area contributed by atoms with Gasteiger partial charge >= 0.3 is 0 Å². The number of benzene rings is 1. The number of aryl methyl sites for hydroxylation is 1. The second-order valence-corrected chi connectivity index (χ2v) is 5.75. The third kappa shape index (κ3) is 3.73. The minimum atomic E-state index is -0.0774. The van der Waals surface area contributed by atoms with Gasteiger partial charge in [0.2, 0.25) is 0 Å². The van der Waals surface area contributed by atoms with Crippen molar-refractivity contribution in [2.45, 2.75) is 39.2 Å². The molecular weight excluding hydrogens is 250 g/mol. The van der Waals surface area contributed by atoms with E-state index in [0.717, 1.165) is 18.7 Å². The van der Waals surface area contributed by atoms with Crippen LogP contribution in [0.25, 0.3) is 0 Å². The normalized spacial score (nSPS) is 17.7. The molecule has 0 spiro atoms. The SMILES string of the molecule is Cc1ccc(C(=O)NCC(C)N2CCCCC2)c(N)c1. The van der Waals surface area contributed by atoms with E-state index >= 15 is 0 Å². The lowest BCUT2D eigenvalue weighted by molar-refractivity contribution is 0.0931. The Kier molecular flexibility index (Phi) is 5.01. The van der Waals surface area contributed by atoms with Gasteiger partial charge in [-0.05, 0) is 57.5 Å². The molecule has 1 unspecified atom stereocenters. The first-order valence-electron chi connectivity index (χ1n) is 7.46. The number of nitrogens with two attached hydrogens (primary N) is 1. The van der Waals surface area contributed by atoms with E-state index < -0.39 is 0 Å². The first-order chi connectivity index (χ1) is 9.58. The van der Waals surface area contributed by atoms with Gasteiger partial charge in [-0.2, -0.15) is 0 Å². The third-order valence-electron chi connectivity index (χ3n) is 4.02. The van der Waals surface area contributed by atoms with Crippen LogP contribution in [0.3, 0.4) is 0 Å². The molecule has 0 bridgehead atoms. The van der Waals surface area contributed by atoms with Crippen LogP contribution in [0, 0.1) is 6.92 Å². The fourth-order valence-corrected chi connectivity index (χ4v) is 2.71. The number of nitrogens with zero attached hydrogens (tertiary/aromatic N) is 1. The number of amides is 1. The molecule has 1 aliphatic rings. The number of anilines is 1. The highest BCUT2D eigenvalue weighted by atomic mass is 16.1. The molecule has 1 amide bonds. The average Bonchev–Trinajstić information content (AvgIpc) is 2.45. The lowest BCUT2D eigenvalue weighted by Gasteiger charge is -2.32. The van der Waals surface area contributed by atoms with Crippen molar-refractivity contribution in [3.05, 3.63) is 29.3 Å². The molecule has 4 nitrogen and oxygen atoms in total. The zero-order valence-corrected chi connectivity index (χ0v) is 12.5. The summed E-state index contributed by atoms with van der Waals surface area (Å²) in [6, 6.07) is 5.93. The highest BCUT2D eigenvalue weighted by molar-refractivity contribution is 5.99. The van der Waals surface area contributed by atoms with Gasteiger partial charge in [0.25, 0.3) is 5.91 Å². The van der Waals surface area contributed by atoms with Crippen molar-refractivity contribution in [2.24, 2.45) is 0 Å². The Morgan fingerprint density at radius 3 is 2.70 bits per heavy atom. The van der Waals surface area contributed by atoms with Gasteiger partial charge in [-0.15, -0.1) is 0 Å². The van der Waals surface area contributed by atoms with Crippen molar-refractivity contribution in [1.29, 1.82) is 0 Å². The maximum absolute atomic E-state index is 12.2. The van der Waals surface area contributed by atoms with Crippen molar-refractivity contribution in [1.82, 2.24) is 10.2 Å². The summed E-state index contributed by atoms with van der Waals surface area (Å²) in [7, 11) is 0. The number of carbonyl (C=O) groups is 1. The molecule has 1 fully saturated rings. The first-order valence-corrected chi connectivity index (χ1v) is 7.46. The molecular formula is C16H25N3O. The zero-order chi connectivity index (χ0) is 14.5. The van der Waals surface area contributed by atoms with Gasteiger partial charge in [0.05, 0.1) is 5.56 Å². The summed E-state index contributed by atoms with van der Waals surface area (Å²) < 4.78 is 0. The lowest BCUT2D eigenvalue weighted by Crippen LogP contribution is -2.44. The maximum Gasteiger partial charge on any atom is 0.253 e. The van der Waals surface area contributed by atoms with Crippen molar-refractivity contribution in [2.75, 3.05) is 25.4 Å². The molecule has 1 atom stereocenters. The third-order valence-corrected chi connectivity index (χ3v) is 4.02. The van der Waals surface area contributed by atoms with Crippen LogP contribution >= 0.6 is 0 Å². The molecule has 0 aliphatic carbocycles. The number of likely N-dealkylation sites (tertiary alicyclic amines) is 1. The summed E-state index contributed by atoms with van der Waals surface area (Å²) in [4.78, 5) is 14.6. The molecule has 3 N–H and O–H groups in total. The van der Waals surface area contributed by atoms with Gasteiger partial charge in [0.15, 0.2) is 0 Å². The summed E-state index contributed by atoms with van der Waals surface area (Å²) in [6.45, 7) is 7.10. The van der Waals surface area contributed by atoms with Crippen LogP contribution in [-0.4, -0.2) is 36.5 Å². The van der Waals surface area contributed by atoms with Crippen LogP contribution in [0.5, 0.6) is 0 Å². The predicted molar refractivity (Wildman–Crippen MR) is 82.8 cm³/mol. The molecule has 20 heavy (non-hydrogen) atoms. The topological polar surface area (TPSA) is 58.4 Å². The highest BCUT2D eigenvalue weighted by Gasteiger charge is 2.18. The van der Waals surface area contributed by atoms with Crippen molar-refractivity contribution in [3.63, 3.8) is 0 Å². The number of hydrogen-bond donors (Lipinski definition) is 2. The van der Waals surface area contributed by atoms with Gasteiger partial charge in [0, 0.05) is 18.3 Å². The summed E-state index contributed by atoms with van der Waals surface area (Å²) in [5.74, 6) is -0.0774. The Bertz CT molecular complexity index is 467. The lowest BCUT2D eigenvalue weighted by atomic mass is 10.1. The Balaban J connectivity index is 1.88. The van der Waals surface area contributed by atoms with E-state index in [-0.39, 0.29) is 5.91 Å². The van der Waals surface area contributed by atoms with E-state index in [4.69, 9.17) is 5.73 Å². The van der Waals surface area contributed by atoms with E-state index in [1.165, 1.54) is 19.3 Å². The van der Waals surface area contributed by atoms with Gasteiger partial charge in [0.1, 0.15) is 0 Å². The smallest absolute Gasteiger partial charge is 0.253 e. The van der Waals surface area contributed by atoms with Crippen molar-refractivity contribution < 1.29 is 4.79 Å². The number of carbonyl (C=O) groups excluding carboxylic acids is 1. The Labute approximate surface area is 121 Å². The predicted octanol–water partition coefficient (Wildman–Crippen LogP) is 2.18. The van der Waals surface area contributed by atoms with Crippen LogP contribution in [0.15, 0.2) is 18.2 Å². The minimum Gasteiger partial charge on any atom is -0.398 e. The van der Waals surface area contributed by atoms with Crippen LogP contribution in [-0.2, 0) is 0 Å². The quantitative estimate of drug-likeness (QED) is 0.828. The van der Waals surface area contributed by atoms with E-state index in [1.807, 2.05) is 19.1 Å². The van der Waals surface area contributed by atoms with Crippen LogP contribution in [0.2, 0.25) is 0 Å². The second kappa shape index (κ2) is 6.75. The molecule has 2 rings (SSSR count). The van der Waals surface area contributed by atoms with E-state index in [9.17, 15) is 4.79 Å². The molecule has 1 saturated heterocycles. The van der Waals surface area contributed by atoms with E-state index in [0.29, 0.717) is 23.8 Å². The largest absolute Gasteiger partial charge is 0.398 e. The molecule has 1 aliphatic heterocycles. The Morgan fingerprint density at radius 1 is 1.35 bits per heavy atom. The van der Waals surface area contributed by atoms with Crippen LogP contribution in [0.1, 0.15) is 42.1 Å². The Morgan fingerprint density at radius 2 is 2.05 bits per heavy atom. The molecule has 4 heteroatoms. The Hall–Kier alpha value is -1.55. The molecule has 1 heterocycles. The van der Waals surface area contributed by atoms with Gasteiger partial charge in [-0.3, -0.25) is 9.69 Å². The van der Waals surface area contributed by atoms with E-state index in [2.05, 4.69) is 17.1 Å². The van der Waals surface area contributed by atoms with Crippen LogP contribution < -0.4 is 11.1 Å².